The van der Waals surface area contributed by atoms with Crippen molar-refractivity contribution in [3.63, 3.8) is 0 Å². The fourth-order valence-electron chi connectivity index (χ4n) is 2.42. The molecular weight excluding hydrogens is 336 g/mol. The minimum atomic E-state index is -3.55. The van der Waals surface area contributed by atoms with Gasteiger partial charge in [0.05, 0.1) is 44.9 Å². The summed E-state index contributed by atoms with van der Waals surface area (Å²) < 4.78 is 40.7. The first-order valence-electron chi connectivity index (χ1n) is 7.36. The van der Waals surface area contributed by atoms with Gasteiger partial charge in [0.2, 0.25) is 10.0 Å². The maximum absolute atomic E-state index is 12.9. The highest BCUT2D eigenvalue weighted by Crippen LogP contribution is 2.36. The number of carbonyl (C=O) groups excluding carboxylic acids is 1. The van der Waals surface area contributed by atoms with Gasteiger partial charge in [-0.15, -0.1) is 0 Å². The normalized spacial score (nSPS) is 15.1. The molecule has 0 aliphatic carbocycles. The number of anilines is 1. The van der Waals surface area contributed by atoms with E-state index in [1.165, 1.54) is 33.4 Å². The van der Waals surface area contributed by atoms with Crippen molar-refractivity contribution in [3.05, 3.63) is 17.7 Å². The molecular formula is C15H22N2O6S. The van der Waals surface area contributed by atoms with Gasteiger partial charge in [-0.2, -0.15) is 0 Å². The van der Waals surface area contributed by atoms with Gasteiger partial charge in [0.1, 0.15) is 0 Å². The van der Waals surface area contributed by atoms with Gasteiger partial charge in [0, 0.05) is 26.2 Å². The van der Waals surface area contributed by atoms with Crippen LogP contribution in [0.2, 0.25) is 0 Å². The van der Waals surface area contributed by atoms with E-state index >= 15 is 0 Å². The molecule has 2 rings (SSSR count). The van der Waals surface area contributed by atoms with Crippen molar-refractivity contribution in [3.8, 4) is 11.5 Å². The molecule has 0 atom stereocenters. The largest absolute Gasteiger partial charge is 0.493 e. The Morgan fingerprint density at radius 1 is 1.17 bits per heavy atom. The second-order valence-electron chi connectivity index (χ2n) is 5.36. The van der Waals surface area contributed by atoms with E-state index < -0.39 is 10.0 Å². The molecule has 0 unspecified atom stereocenters. The van der Waals surface area contributed by atoms with Crippen LogP contribution in [0.15, 0.2) is 12.1 Å². The smallest absolute Gasteiger partial charge is 0.256 e. The summed E-state index contributed by atoms with van der Waals surface area (Å²) in [6.45, 7) is 1.82. The Balaban J connectivity index is 2.56. The van der Waals surface area contributed by atoms with Crippen LogP contribution in [0.25, 0.3) is 0 Å². The van der Waals surface area contributed by atoms with E-state index in [-0.39, 0.29) is 17.2 Å². The summed E-state index contributed by atoms with van der Waals surface area (Å²) in [6, 6.07) is 3.00. The van der Waals surface area contributed by atoms with Crippen LogP contribution in [0.4, 0.5) is 5.69 Å². The predicted octanol–water partition coefficient (Wildman–Crippen LogP) is 0.572. The standard InChI is InChI=1S/C15H22N2O6S/c1-16(24(4,19)20)12-10-14(22-3)13(21-2)9-11(12)15(18)17-5-7-23-8-6-17/h9-10H,5-8H2,1-4H3. The van der Waals surface area contributed by atoms with Crippen molar-refractivity contribution in [1.82, 2.24) is 4.90 Å². The van der Waals surface area contributed by atoms with Crippen LogP contribution in [-0.2, 0) is 14.8 Å². The summed E-state index contributed by atoms with van der Waals surface area (Å²) in [6.07, 6.45) is 1.08. The SMILES string of the molecule is COc1cc(C(=O)N2CCOCC2)c(N(C)S(C)(=O)=O)cc1OC. The molecule has 0 spiro atoms. The Morgan fingerprint density at radius 3 is 2.21 bits per heavy atom. The van der Waals surface area contributed by atoms with E-state index in [1.54, 1.807) is 4.90 Å². The number of methoxy groups -OCH3 is 2. The van der Waals surface area contributed by atoms with Crippen LogP contribution < -0.4 is 13.8 Å². The zero-order valence-corrected chi connectivity index (χ0v) is 15.1. The van der Waals surface area contributed by atoms with Gasteiger partial charge in [0.15, 0.2) is 11.5 Å². The van der Waals surface area contributed by atoms with E-state index in [2.05, 4.69) is 0 Å². The monoisotopic (exact) mass is 358 g/mol. The molecule has 1 fully saturated rings. The quantitative estimate of drug-likeness (QED) is 0.765. The van der Waals surface area contributed by atoms with Crippen molar-refractivity contribution in [2.45, 2.75) is 0 Å². The number of hydrogen-bond donors (Lipinski definition) is 0. The highest BCUT2D eigenvalue weighted by Gasteiger charge is 2.27. The number of rotatable bonds is 5. The molecule has 1 amide bonds. The van der Waals surface area contributed by atoms with Crippen LogP contribution in [0, 0.1) is 0 Å². The van der Waals surface area contributed by atoms with E-state index in [0.29, 0.717) is 37.8 Å². The van der Waals surface area contributed by atoms with Crippen LogP contribution in [0.3, 0.4) is 0 Å². The third-order valence-corrected chi connectivity index (χ3v) is 5.06. The number of nitrogens with zero attached hydrogens (tertiary/aromatic N) is 2. The summed E-state index contributed by atoms with van der Waals surface area (Å²) in [7, 11) is 0.759. The van der Waals surface area contributed by atoms with Crippen molar-refractivity contribution in [2.24, 2.45) is 0 Å². The highest BCUT2D eigenvalue weighted by molar-refractivity contribution is 7.92. The molecule has 0 aromatic heterocycles. The van der Waals surface area contributed by atoms with Crippen molar-refractivity contribution in [2.75, 3.05) is 58.1 Å². The summed E-state index contributed by atoms with van der Waals surface area (Å²) in [5.41, 5.74) is 0.481. The van der Waals surface area contributed by atoms with Crippen LogP contribution >= 0.6 is 0 Å². The molecule has 8 nitrogen and oxygen atoms in total. The minimum Gasteiger partial charge on any atom is -0.493 e. The molecule has 0 bridgehead atoms. The number of sulfonamides is 1. The van der Waals surface area contributed by atoms with Crippen LogP contribution in [-0.4, -0.2) is 73.1 Å². The third kappa shape index (κ3) is 3.73. The number of ether oxygens (including phenoxy) is 3. The Hall–Kier alpha value is -2.00. The van der Waals surface area contributed by atoms with Gasteiger partial charge in [-0.25, -0.2) is 8.42 Å². The van der Waals surface area contributed by atoms with E-state index in [0.717, 1.165) is 10.6 Å². The summed E-state index contributed by atoms with van der Waals surface area (Å²) in [5, 5.41) is 0. The third-order valence-electron chi connectivity index (χ3n) is 3.87. The van der Waals surface area contributed by atoms with Gasteiger partial charge in [0.25, 0.3) is 5.91 Å². The predicted molar refractivity (Wildman–Crippen MR) is 89.5 cm³/mol. The second kappa shape index (κ2) is 7.27. The molecule has 1 aliphatic rings. The molecule has 0 N–H and O–H groups in total. The maximum Gasteiger partial charge on any atom is 0.256 e. The zero-order valence-electron chi connectivity index (χ0n) is 14.2. The number of benzene rings is 1. The average molecular weight is 358 g/mol. The Kier molecular flexibility index (Phi) is 5.55. The van der Waals surface area contributed by atoms with Crippen molar-refractivity contribution in [1.29, 1.82) is 0 Å². The van der Waals surface area contributed by atoms with Crippen molar-refractivity contribution >= 4 is 21.6 Å². The zero-order chi connectivity index (χ0) is 17.9. The van der Waals surface area contributed by atoms with E-state index in [4.69, 9.17) is 14.2 Å². The van der Waals surface area contributed by atoms with Crippen LogP contribution in [0.5, 0.6) is 11.5 Å². The molecule has 0 saturated carbocycles. The highest BCUT2D eigenvalue weighted by atomic mass is 32.2. The second-order valence-corrected chi connectivity index (χ2v) is 7.37. The molecule has 1 saturated heterocycles. The lowest BCUT2D eigenvalue weighted by Gasteiger charge is -2.29. The average Bonchev–Trinajstić information content (AvgIpc) is 2.59. The van der Waals surface area contributed by atoms with Crippen molar-refractivity contribution < 1.29 is 27.4 Å². The van der Waals surface area contributed by atoms with Gasteiger partial charge in [-0.3, -0.25) is 9.10 Å². The first-order valence-corrected chi connectivity index (χ1v) is 9.21. The fraction of sp³-hybridized carbons (Fsp3) is 0.533. The Bertz CT molecular complexity index is 713. The fourth-order valence-corrected chi connectivity index (χ4v) is 2.92. The first-order chi connectivity index (χ1) is 11.3. The minimum absolute atomic E-state index is 0.238. The summed E-state index contributed by atoms with van der Waals surface area (Å²) in [5.74, 6) is 0.436. The summed E-state index contributed by atoms with van der Waals surface area (Å²) in [4.78, 5) is 14.5. The van der Waals surface area contributed by atoms with Gasteiger partial charge in [-0.05, 0) is 6.07 Å². The molecule has 1 aromatic carbocycles. The van der Waals surface area contributed by atoms with Gasteiger partial charge in [-0.1, -0.05) is 0 Å². The number of carbonyl (C=O) groups is 1. The van der Waals surface area contributed by atoms with Gasteiger partial charge >= 0.3 is 0 Å². The molecule has 0 radical (unpaired) electrons. The Morgan fingerprint density at radius 2 is 1.71 bits per heavy atom. The first kappa shape index (κ1) is 18.3. The molecule has 24 heavy (non-hydrogen) atoms. The molecule has 134 valence electrons. The molecule has 9 heteroatoms. The molecule has 1 aromatic rings. The molecule has 1 heterocycles. The lowest BCUT2D eigenvalue weighted by Crippen LogP contribution is -2.41. The lowest BCUT2D eigenvalue weighted by molar-refractivity contribution is 0.0303. The van der Waals surface area contributed by atoms with E-state index in [9.17, 15) is 13.2 Å². The maximum atomic E-state index is 12.9. The van der Waals surface area contributed by atoms with Gasteiger partial charge < -0.3 is 19.1 Å². The summed E-state index contributed by atoms with van der Waals surface area (Å²) >= 11 is 0. The number of amides is 1. The number of hydrogen-bond acceptors (Lipinski definition) is 6. The number of morpholine rings is 1. The molecule has 1 aliphatic heterocycles. The lowest BCUT2D eigenvalue weighted by atomic mass is 10.1. The Labute approximate surface area is 141 Å². The van der Waals surface area contributed by atoms with Crippen LogP contribution in [0.1, 0.15) is 10.4 Å². The topological polar surface area (TPSA) is 85.4 Å². The van der Waals surface area contributed by atoms with E-state index in [1.807, 2.05) is 0 Å².